The van der Waals surface area contributed by atoms with Gasteiger partial charge in [-0.05, 0) is 18.1 Å². The number of benzene rings is 1. The molecular weight excluding hydrogens is 214 g/mol. The summed E-state index contributed by atoms with van der Waals surface area (Å²) in [5, 5.41) is 4.14. The Hall–Kier alpha value is -1.85. The van der Waals surface area contributed by atoms with E-state index in [-0.39, 0.29) is 6.04 Å². The van der Waals surface area contributed by atoms with Gasteiger partial charge in [0.05, 0.1) is 12.2 Å². The van der Waals surface area contributed by atoms with Gasteiger partial charge in [0, 0.05) is 12.6 Å². The number of nitrogen functional groups attached to an aromatic ring is 1. The molecule has 5 N–H and O–H groups in total. The Balaban J connectivity index is 2.48. The smallest absolute Gasteiger partial charge is 0.126 e. The zero-order valence-electron chi connectivity index (χ0n) is 10.0. The molecule has 0 fully saturated rings. The van der Waals surface area contributed by atoms with E-state index < -0.39 is 0 Å². The first-order valence-corrected chi connectivity index (χ1v) is 5.44. The summed E-state index contributed by atoms with van der Waals surface area (Å²) in [4.78, 5) is 0. The number of nitrogens with two attached hydrogens (primary N) is 2. The van der Waals surface area contributed by atoms with Crippen LogP contribution in [0, 0.1) is 6.92 Å². The third-order valence-corrected chi connectivity index (χ3v) is 2.99. The van der Waals surface area contributed by atoms with Crippen LogP contribution in [0.3, 0.4) is 0 Å². The number of rotatable bonds is 3. The molecule has 0 saturated heterocycles. The minimum absolute atomic E-state index is 0.134. The molecule has 90 valence electrons. The van der Waals surface area contributed by atoms with E-state index in [1.165, 1.54) is 5.56 Å². The van der Waals surface area contributed by atoms with Crippen LogP contribution in [0.2, 0.25) is 0 Å². The monoisotopic (exact) mass is 231 g/mol. The molecule has 5 nitrogen and oxygen atoms in total. The van der Waals surface area contributed by atoms with Gasteiger partial charge in [-0.1, -0.05) is 24.3 Å². The van der Waals surface area contributed by atoms with Crippen LogP contribution >= 0.6 is 0 Å². The molecule has 0 amide bonds. The van der Waals surface area contributed by atoms with Crippen molar-refractivity contribution in [3.63, 3.8) is 0 Å². The van der Waals surface area contributed by atoms with Crippen LogP contribution in [0.15, 0.2) is 30.5 Å². The number of aromatic nitrogens is 2. The first kappa shape index (κ1) is 11.6. The van der Waals surface area contributed by atoms with Crippen molar-refractivity contribution < 1.29 is 0 Å². The average Bonchev–Trinajstić information content (AvgIpc) is 2.65. The lowest BCUT2D eigenvalue weighted by molar-refractivity contribution is 0.635. The van der Waals surface area contributed by atoms with E-state index in [4.69, 9.17) is 11.6 Å². The summed E-state index contributed by atoms with van der Waals surface area (Å²) in [6.07, 6.45) is 1.74. The highest BCUT2D eigenvalue weighted by Crippen LogP contribution is 2.27. The fraction of sp³-hybridized carbons (Fsp3) is 0.250. The van der Waals surface area contributed by atoms with Crippen molar-refractivity contribution in [2.45, 2.75) is 13.0 Å². The molecule has 0 bridgehead atoms. The Morgan fingerprint density at radius 3 is 2.53 bits per heavy atom. The van der Waals surface area contributed by atoms with Gasteiger partial charge >= 0.3 is 0 Å². The van der Waals surface area contributed by atoms with Crippen LogP contribution in [0.4, 0.5) is 5.82 Å². The van der Waals surface area contributed by atoms with Crippen LogP contribution in [0.5, 0.6) is 0 Å². The number of hydrazine groups is 1. The molecule has 0 saturated carbocycles. The minimum atomic E-state index is -0.134. The maximum absolute atomic E-state index is 5.97. The molecule has 2 rings (SSSR count). The number of hydrogen-bond donors (Lipinski definition) is 3. The summed E-state index contributed by atoms with van der Waals surface area (Å²) in [6, 6.07) is 7.93. The number of nitrogens with one attached hydrogen (secondary N) is 1. The van der Waals surface area contributed by atoms with Crippen molar-refractivity contribution in [2.75, 3.05) is 5.73 Å². The predicted molar refractivity (Wildman–Crippen MR) is 68.0 cm³/mol. The Morgan fingerprint density at radius 2 is 2.00 bits per heavy atom. The zero-order chi connectivity index (χ0) is 12.4. The van der Waals surface area contributed by atoms with E-state index in [0.717, 1.165) is 11.1 Å². The first-order chi connectivity index (χ1) is 8.15. The molecule has 1 heterocycles. The maximum atomic E-state index is 5.97. The molecule has 1 aromatic heterocycles. The maximum Gasteiger partial charge on any atom is 0.126 e. The molecular formula is C12H17N5. The van der Waals surface area contributed by atoms with Crippen LogP contribution in [-0.2, 0) is 7.05 Å². The predicted octanol–water partition coefficient (Wildman–Crippen LogP) is 0.863. The number of aryl methyl sites for hydroxylation is 2. The largest absolute Gasteiger partial charge is 0.384 e. The molecule has 0 spiro atoms. The standard InChI is InChI=1S/C12H17N5/c1-8-5-3-4-6-9(8)11(16-14)10-7-15-17(2)12(10)13/h3-7,11,16H,13-14H2,1-2H3. The first-order valence-electron chi connectivity index (χ1n) is 5.44. The molecule has 5 heteroatoms. The number of anilines is 1. The fourth-order valence-corrected chi connectivity index (χ4v) is 1.94. The van der Waals surface area contributed by atoms with Crippen LogP contribution in [0.25, 0.3) is 0 Å². The second-order valence-corrected chi connectivity index (χ2v) is 4.07. The molecule has 0 radical (unpaired) electrons. The van der Waals surface area contributed by atoms with E-state index in [1.54, 1.807) is 10.9 Å². The normalized spacial score (nSPS) is 12.6. The second-order valence-electron chi connectivity index (χ2n) is 4.07. The van der Waals surface area contributed by atoms with Gasteiger partial charge in [0.1, 0.15) is 5.82 Å². The molecule has 0 aliphatic rings. The van der Waals surface area contributed by atoms with Gasteiger partial charge < -0.3 is 5.73 Å². The number of hydrogen-bond acceptors (Lipinski definition) is 4. The van der Waals surface area contributed by atoms with Crippen molar-refractivity contribution in [3.05, 3.63) is 47.2 Å². The topological polar surface area (TPSA) is 81.9 Å². The lowest BCUT2D eigenvalue weighted by atomic mass is 9.97. The van der Waals surface area contributed by atoms with Gasteiger partial charge in [0.25, 0.3) is 0 Å². The van der Waals surface area contributed by atoms with Crippen molar-refractivity contribution in [3.8, 4) is 0 Å². The Morgan fingerprint density at radius 1 is 1.29 bits per heavy atom. The molecule has 0 aliphatic carbocycles. The van der Waals surface area contributed by atoms with E-state index in [0.29, 0.717) is 5.82 Å². The summed E-state index contributed by atoms with van der Waals surface area (Å²) < 4.78 is 1.64. The highest BCUT2D eigenvalue weighted by molar-refractivity contribution is 5.46. The molecule has 0 aliphatic heterocycles. The van der Waals surface area contributed by atoms with Crippen molar-refractivity contribution >= 4 is 5.82 Å². The third kappa shape index (κ3) is 2.02. The van der Waals surface area contributed by atoms with E-state index in [9.17, 15) is 0 Å². The van der Waals surface area contributed by atoms with Crippen molar-refractivity contribution in [2.24, 2.45) is 12.9 Å². The fourth-order valence-electron chi connectivity index (χ4n) is 1.94. The van der Waals surface area contributed by atoms with Gasteiger partial charge in [0.2, 0.25) is 0 Å². The zero-order valence-corrected chi connectivity index (χ0v) is 10.0. The van der Waals surface area contributed by atoms with Gasteiger partial charge in [0.15, 0.2) is 0 Å². The average molecular weight is 231 g/mol. The Kier molecular flexibility index (Phi) is 3.12. The minimum Gasteiger partial charge on any atom is -0.384 e. The molecule has 1 aromatic carbocycles. The Bertz CT molecular complexity index is 517. The van der Waals surface area contributed by atoms with Crippen LogP contribution in [-0.4, -0.2) is 9.78 Å². The quantitative estimate of drug-likeness (QED) is 0.540. The Labute approximate surface area is 100 Å². The lowest BCUT2D eigenvalue weighted by Gasteiger charge is -2.18. The van der Waals surface area contributed by atoms with E-state index >= 15 is 0 Å². The highest BCUT2D eigenvalue weighted by atomic mass is 15.3. The molecule has 1 atom stereocenters. The van der Waals surface area contributed by atoms with Gasteiger partial charge in [-0.15, -0.1) is 0 Å². The van der Waals surface area contributed by atoms with Crippen molar-refractivity contribution in [1.82, 2.24) is 15.2 Å². The summed E-state index contributed by atoms with van der Waals surface area (Å²) in [5.41, 5.74) is 11.9. The second kappa shape index (κ2) is 4.57. The summed E-state index contributed by atoms with van der Waals surface area (Å²) in [5.74, 6) is 6.26. The van der Waals surface area contributed by atoms with Crippen molar-refractivity contribution in [1.29, 1.82) is 0 Å². The lowest BCUT2D eigenvalue weighted by Crippen LogP contribution is -2.29. The summed E-state index contributed by atoms with van der Waals surface area (Å²) in [7, 11) is 1.81. The highest BCUT2D eigenvalue weighted by Gasteiger charge is 2.19. The molecule has 1 unspecified atom stereocenters. The van der Waals surface area contributed by atoms with Crippen LogP contribution in [0.1, 0.15) is 22.7 Å². The molecule has 17 heavy (non-hydrogen) atoms. The van der Waals surface area contributed by atoms with E-state index in [1.807, 2.05) is 38.2 Å². The van der Waals surface area contributed by atoms with Gasteiger partial charge in [-0.2, -0.15) is 5.10 Å². The van der Waals surface area contributed by atoms with Gasteiger partial charge in [-0.25, -0.2) is 5.43 Å². The van der Waals surface area contributed by atoms with E-state index in [2.05, 4.69) is 10.5 Å². The van der Waals surface area contributed by atoms with Gasteiger partial charge in [-0.3, -0.25) is 10.5 Å². The molecule has 2 aromatic rings. The third-order valence-electron chi connectivity index (χ3n) is 2.99. The summed E-state index contributed by atoms with van der Waals surface area (Å²) in [6.45, 7) is 2.05. The number of nitrogens with zero attached hydrogens (tertiary/aromatic N) is 2. The summed E-state index contributed by atoms with van der Waals surface area (Å²) >= 11 is 0. The SMILES string of the molecule is Cc1ccccc1C(NN)c1cnn(C)c1N. The van der Waals surface area contributed by atoms with Crippen LogP contribution < -0.4 is 17.0 Å².